The summed E-state index contributed by atoms with van der Waals surface area (Å²) in [5.74, 6) is -17.3. The number of carbonyl (C=O) groups excluding carboxylic acids is 1. The fraction of sp³-hybridized carbons (Fsp3) is 0.118. The molecule has 0 saturated heterocycles. The lowest BCUT2D eigenvalue weighted by Crippen LogP contribution is -2.50. The summed E-state index contributed by atoms with van der Waals surface area (Å²) in [5, 5.41) is 0. The number of benzene rings is 2. The second-order valence-corrected chi connectivity index (χ2v) is 5.77. The standard InChI is InChI=1S/C17H5F10NO2/c18-6-4-8-7(28(2-1-9(19)20)16(29)17(26,27)30-8)3-5(6)10-11(21)13(23)15(25)14(24)12(10)22/h1,3-4H,2H2. The second kappa shape index (κ2) is 7.22. The van der Waals surface area contributed by atoms with Crippen LogP contribution in [0.1, 0.15) is 0 Å². The van der Waals surface area contributed by atoms with Gasteiger partial charge in [0.05, 0.1) is 11.3 Å². The van der Waals surface area contributed by atoms with Crippen molar-refractivity contribution in [2.75, 3.05) is 11.4 Å². The molecule has 0 N–H and O–H groups in total. The molecule has 3 nitrogen and oxygen atoms in total. The Morgan fingerprint density at radius 1 is 0.933 bits per heavy atom. The highest BCUT2D eigenvalue weighted by molar-refractivity contribution is 6.01. The predicted octanol–water partition coefficient (Wildman–Crippen LogP) is 5.29. The Balaban J connectivity index is 2.29. The Morgan fingerprint density at radius 2 is 1.47 bits per heavy atom. The zero-order chi connectivity index (χ0) is 22.5. The monoisotopic (exact) mass is 445 g/mol. The highest BCUT2D eigenvalue weighted by Gasteiger charge is 2.50. The smallest absolute Gasteiger partial charge is 0.423 e. The van der Waals surface area contributed by atoms with Gasteiger partial charge >= 0.3 is 12.0 Å². The Labute approximate surface area is 159 Å². The topological polar surface area (TPSA) is 29.5 Å². The zero-order valence-corrected chi connectivity index (χ0v) is 14.0. The van der Waals surface area contributed by atoms with Crippen molar-refractivity contribution < 1.29 is 53.4 Å². The summed E-state index contributed by atoms with van der Waals surface area (Å²) in [6.07, 6.45) is -6.97. The maximum absolute atomic E-state index is 14.3. The number of nitrogens with zero attached hydrogens (tertiary/aromatic N) is 1. The lowest BCUT2D eigenvalue weighted by atomic mass is 10.0. The summed E-state index contributed by atoms with van der Waals surface area (Å²) in [4.78, 5) is 11.8. The number of carbonyl (C=O) groups is 1. The molecule has 0 bridgehead atoms. The SMILES string of the molecule is O=C1N(CC=C(F)F)c2cc(-c3c(F)c(F)c(F)c(F)c3F)c(F)cc2OC1(F)F. The molecule has 13 heteroatoms. The van der Waals surface area contributed by atoms with Gasteiger partial charge in [-0.3, -0.25) is 9.69 Å². The number of halogens is 10. The first-order valence-electron chi connectivity index (χ1n) is 7.62. The van der Waals surface area contributed by atoms with Crippen LogP contribution in [0.4, 0.5) is 49.6 Å². The Kier molecular flexibility index (Phi) is 5.16. The minimum Gasteiger partial charge on any atom is -0.423 e. The van der Waals surface area contributed by atoms with E-state index in [1.165, 1.54) is 0 Å². The van der Waals surface area contributed by atoms with Gasteiger partial charge < -0.3 is 4.74 Å². The molecule has 1 aliphatic rings. The third-order valence-corrected chi connectivity index (χ3v) is 3.98. The van der Waals surface area contributed by atoms with Crippen molar-refractivity contribution in [3.05, 3.63) is 59.2 Å². The average Bonchev–Trinajstić information content (AvgIpc) is 2.66. The van der Waals surface area contributed by atoms with Crippen LogP contribution in [-0.2, 0) is 4.79 Å². The first kappa shape index (κ1) is 21.5. The molecule has 1 aliphatic heterocycles. The quantitative estimate of drug-likeness (QED) is 0.365. The molecule has 3 rings (SSSR count). The van der Waals surface area contributed by atoms with Crippen molar-refractivity contribution in [2.24, 2.45) is 0 Å². The number of fused-ring (bicyclic) bond motifs is 1. The number of rotatable bonds is 3. The zero-order valence-electron chi connectivity index (χ0n) is 14.0. The minimum absolute atomic E-state index is 0.0184. The molecule has 2 aromatic rings. The van der Waals surface area contributed by atoms with Crippen molar-refractivity contribution >= 4 is 11.6 Å². The third-order valence-electron chi connectivity index (χ3n) is 3.98. The number of alkyl halides is 2. The van der Waals surface area contributed by atoms with Gasteiger partial charge in [0, 0.05) is 24.3 Å². The van der Waals surface area contributed by atoms with Gasteiger partial charge in [-0.2, -0.15) is 17.6 Å². The largest absolute Gasteiger partial charge is 0.482 e. The van der Waals surface area contributed by atoms with Crippen LogP contribution in [0.15, 0.2) is 24.3 Å². The molecule has 0 atom stereocenters. The van der Waals surface area contributed by atoms with E-state index in [-0.39, 0.29) is 23.1 Å². The normalized spacial score (nSPS) is 15.0. The number of hydrogen-bond donors (Lipinski definition) is 0. The summed E-state index contributed by atoms with van der Waals surface area (Å²) >= 11 is 0. The molecule has 0 aromatic heterocycles. The molecular weight excluding hydrogens is 440 g/mol. The molecule has 0 radical (unpaired) electrons. The Bertz CT molecular complexity index is 1070. The van der Waals surface area contributed by atoms with Crippen LogP contribution in [0.25, 0.3) is 11.1 Å². The van der Waals surface area contributed by atoms with E-state index in [1.807, 2.05) is 0 Å². The second-order valence-electron chi connectivity index (χ2n) is 5.77. The van der Waals surface area contributed by atoms with Gasteiger partial charge in [0.15, 0.2) is 29.0 Å². The maximum Gasteiger partial charge on any atom is 0.482 e. The van der Waals surface area contributed by atoms with Crippen LogP contribution in [-0.4, -0.2) is 18.6 Å². The van der Waals surface area contributed by atoms with E-state index in [1.54, 1.807) is 0 Å². The fourth-order valence-electron chi connectivity index (χ4n) is 2.66. The Morgan fingerprint density at radius 3 is 2.00 bits per heavy atom. The molecule has 0 unspecified atom stereocenters. The van der Waals surface area contributed by atoms with Gasteiger partial charge in [-0.15, -0.1) is 0 Å². The van der Waals surface area contributed by atoms with E-state index in [4.69, 9.17) is 0 Å². The number of ether oxygens (including phenoxy) is 1. The summed E-state index contributed by atoms with van der Waals surface area (Å²) in [5.41, 5.74) is -3.95. The lowest BCUT2D eigenvalue weighted by Gasteiger charge is -2.33. The molecule has 0 spiro atoms. The van der Waals surface area contributed by atoms with Crippen molar-refractivity contribution in [1.82, 2.24) is 0 Å². The molecule has 0 fully saturated rings. The van der Waals surface area contributed by atoms with E-state index in [0.29, 0.717) is 0 Å². The van der Waals surface area contributed by atoms with Crippen molar-refractivity contribution in [1.29, 1.82) is 0 Å². The summed E-state index contributed by atoms with van der Waals surface area (Å²) < 4.78 is 139. The maximum atomic E-state index is 14.3. The third kappa shape index (κ3) is 3.33. The van der Waals surface area contributed by atoms with Gasteiger partial charge in [-0.05, 0) is 6.07 Å². The molecular formula is C17H5F10NO2. The van der Waals surface area contributed by atoms with E-state index in [0.717, 1.165) is 0 Å². The summed E-state index contributed by atoms with van der Waals surface area (Å²) in [6.45, 7) is -1.20. The van der Waals surface area contributed by atoms with Gasteiger partial charge in [0.2, 0.25) is 5.82 Å². The first-order valence-corrected chi connectivity index (χ1v) is 7.62. The number of anilines is 1. The van der Waals surface area contributed by atoms with E-state index >= 15 is 0 Å². The van der Waals surface area contributed by atoms with Gasteiger partial charge in [0.25, 0.3) is 6.08 Å². The van der Waals surface area contributed by atoms with Crippen molar-refractivity contribution in [2.45, 2.75) is 6.11 Å². The van der Waals surface area contributed by atoms with E-state index < -0.39 is 82.1 Å². The number of amides is 1. The summed E-state index contributed by atoms with van der Waals surface area (Å²) in [6, 6.07) is 0.353. The molecule has 1 amide bonds. The van der Waals surface area contributed by atoms with E-state index in [2.05, 4.69) is 4.74 Å². The fourth-order valence-corrected chi connectivity index (χ4v) is 2.66. The van der Waals surface area contributed by atoms with Crippen LogP contribution in [0.2, 0.25) is 0 Å². The lowest BCUT2D eigenvalue weighted by molar-refractivity contribution is -0.192. The average molecular weight is 445 g/mol. The molecule has 160 valence electrons. The molecule has 1 heterocycles. The van der Waals surface area contributed by atoms with Gasteiger partial charge in [0.1, 0.15) is 5.82 Å². The highest BCUT2D eigenvalue weighted by Crippen LogP contribution is 2.44. The predicted molar refractivity (Wildman–Crippen MR) is 79.9 cm³/mol. The molecule has 2 aromatic carbocycles. The number of hydrogen-bond acceptors (Lipinski definition) is 2. The van der Waals surface area contributed by atoms with Gasteiger partial charge in [-0.25, -0.2) is 26.3 Å². The summed E-state index contributed by atoms with van der Waals surface area (Å²) in [7, 11) is 0. The Hall–Kier alpha value is -3.25. The minimum atomic E-state index is -4.60. The molecule has 0 saturated carbocycles. The van der Waals surface area contributed by atoms with Crippen molar-refractivity contribution in [3.8, 4) is 16.9 Å². The molecule has 0 aliphatic carbocycles. The van der Waals surface area contributed by atoms with Crippen LogP contribution in [0.5, 0.6) is 5.75 Å². The van der Waals surface area contributed by atoms with Crippen LogP contribution in [0, 0.1) is 34.9 Å². The van der Waals surface area contributed by atoms with Crippen LogP contribution in [0.3, 0.4) is 0 Å². The van der Waals surface area contributed by atoms with Crippen molar-refractivity contribution in [3.63, 3.8) is 0 Å². The van der Waals surface area contributed by atoms with E-state index in [9.17, 15) is 48.7 Å². The first-order chi connectivity index (χ1) is 13.9. The van der Waals surface area contributed by atoms with Crippen LogP contribution < -0.4 is 9.64 Å². The van der Waals surface area contributed by atoms with Crippen LogP contribution >= 0.6 is 0 Å². The van der Waals surface area contributed by atoms with Gasteiger partial charge in [-0.1, -0.05) is 0 Å². The highest BCUT2D eigenvalue weighted by atomic mass is 19.3. The molecule has 30 heavy (non-hydrogen) atoms.